The number of rotatable bonds is 2. The molecule has 1 heterocycles. The fraction of sp³-hybridized carbons (Fsp3) is 0.0667. The average Bonchev–Trinajstić information content (AvgIpc) is 2.85. The van der Waals surface area contributed by atoms with Gasteiger partial charge >= 0.3 is 0 Å². The fourth-order valence-electron chi connectivity index (χ4n) is 2.02. The first-order valence-corrected chi connectivity index (χ1v) is 6.16. The van der Waals surface area contributed by atoms with Crippen LogP contribution in [0.4, 0.5) is 10.2 Å². The van der Waals surface area contributed by atoms with Crippen LogP contribution in [-0.2, 0) is 0 Å². The van der Waals surface area contributed by atoms with Crippen LogP contribution in [0.3, 0.4) is 0 Å². The lowest BCUT2D eigenvalue weighted by atomic mass is 10.1. The molecule has 0 saturated carbocycles. The molecule has 2 aromatic carbocycles. The van der Waals surface area contributed by atoms with E-state index in [0.29, 0.717) is 16.9 Å². The summed E-state index contributed by atoms with van der Waals surface area (Å²) in [5.74, 6) is -0.176. The van der Waals surface area contributed by atoms with Gasteiger partial charge in [0.05, 0.1) is 5.52 Å². The van der Waals surface area contributed by atoms with Crippen molar-refractivity contribution < 1.29 is 9.18 Å². The molecule has 3 rings (SSSR count). The second kappa shape index (κ2) is 4.77. The lowest BCUT2D eigenvalue weighted by molar-refractivity contribution is 0.102. The van der Waals surface area contributed by atoms with Gasteiger partial charge < -0.3 is 5.32 Å². The fourth-order valence-corrected chi connectivity index (χ4v) is 2.02. The van der Waals surface area contributed by atoms with Gasteiger partial charge in [-0.25, -0.2) is 4.39 Å². The topological polar surface area (TPSA) is 57.8 Å². The number of carbonyl (C=O) groups is 1. The van der Waals surface area contributed by atoms with Crippen molar-refractivity contribution >= 4 is 22.6 Å². The molecule has 1 aromatic heterocycles. The molecule has 0 atom stereocenters. The summed E-state index contributed by atoms with van der Waals surface area (Å²) in [4.78, 5) is 12.1. The molecule has 3 aromatic rings. The van der Waals surface area contributed by atoms with Gasteiger partial charge in [0.1, 0.15) is 5.82 Å². The molecule has 0 aliphatic carbocycles. The van der Waals surface area contributed by atoms with Gasteiger partial charge in [-0.1, -0.05) is 12.1 Å². The highest BCUT2D eigenvalue weighted by atomic mass is 19.1. The summed E-state index contributed by atoms with van der Waals surface area (Å²) >= 11 is 0. The quantitative estimate of drug-likeness (QED) is 0.750. The summed E-state index contributed by atoms with van der Waals surface area (Å²) in [5, 5.41) is 10.5. The number of carbonyl (C=O) groups excluding carboxylic acids is 1. The van der Waals surface area contributed by atoms with Gasteiger partial charge in [-0.2, -0.15) is 5.10 Å². The Hall–Kier alpha value is -2.69. The number of H-pyrrole nitrogens is 1. The van der Waals surface area contributed by atoms with Crippen LogP contribution in [0.25, 0.3) is 10.9 Å². The maximum Gasteiger partial charge on any atom is 0.256 e. The van der Waals surface area contributed by atoms with Crippen molar-refractivity contribution in [2.24, 2.45) is 0 Å². The molecule has 0 unspecified atom stereocenters. The minimum atomic E-state index is -0.327. The van der Waals surface area contributed by atoms with Crippen LogP contribution in [0.2, 0.25) is 0 Å². The predicted octanol–water partition coefficient (Wildman–Crippen LogP) is 3.26. The Morgan fingerprint density at radius 2 is 2.05 bits per heavy atom. The third-order valence-electron chi connectivity index (χ3n) is 3.12. The molecule has 2 N–H and O–H groups in total. The minimum absolute atomic E-state index is 0.314. The maximum absolute atomic E-state index is 13.2. The molecule has 0 fully saturated rings. The maximum atomic E-state index is 13.2. The van der Waals surface area contributed by atoms with Gasteiger partial charge in [-0.05, 0) is 42.8 Å². The number of halogens is 1. The van der Waals surface area contributed by atoms with Crippen LogP contribution in [0.5, 0.6) is 0 Å². The van der Waals surface area contributed by atoms with Crippen LogP contribution in [0.15, 0.2) is 42.5 Å². The number of hydrogen-bond acceptors (Lipinski definition) is 2. The van der Waals surface area contributed by atoms with E-state index in [1.807, 2.05) is 24.3 Å². The largest absolute Gasteiger partial charge is 0.305 e. The molecule has 5 heteroatoms. The number of para-hydroxylation sites is 1. The van der Waals surface area contributed by atoms with E-state index in [0.717, 1.165) is 10.9 Å². The highest BCUT2D eigenvalue weighted by Gasteiger charge is 2.11. The van der Waals surface area contributed by atoms with Crippen molar-refractivity contribution in [2.75, 3.05) is 5.32 Å². The van der Waals surface area contributed by atoms with Crippen LogP contribution in [-0.4, -0.2) is 16.1 Å². The van der Waals surface area contributed by atoms with E-state index in [9.17, 15) is 9.18 Å². The van der Waals surface area contributed by atoms with E-state index in [2.05, 4.69) is 15.5 Å². The Balaban J connectivity index is 1.90. The Morgan fingerprint density at radius 3 is 2.85 bits per heavy atom. The molecule has 20 heavy (non-hydrogen) atoms. The minimum Gasteiger partial charge on any atom is -0.305 e. The lowest BCUT2D eigenvalue weighted by Gasteiger charge is -2.04. The molecule has 0 saturated heterocycles. The summed E-state index contributed by atoms with van der Waals surface area (Å²) in [6.45, 7) is 1.62. The summed E-state index contributed by atoms with van der Waals surface area (Å²) in [6, 6.07) is 11.7. The molecule has 4 nitrogen and oxygen atoms in total. The zero-order valence-corrected chi connectivity index (χ0v) is 10.8. The standard InChI is InChI=1S/C15H12FN3O/c1-9-8-10(6-7-12(9)16)15(20)17-14-11-4-2-3-5-13(11)18-19-14/h2-8H,1H3,(H2,17,18,19,20). The Bertz CT molecular complexity index is 795. The molecule has 1 amide bonds. The normalized spacial score (nSPS) is 10.7. The summed E-state index contributed by atoms with van der Waals surface area (Å²) < 4.78 is 13.2. The number of aromatic amines is 1. The van der Waals surface area contributed by atoms with Crippen molar-refractivity contribution in [2.45, 2.75) is 6.92 Å². The Labute approximate surface area is 114 Å². The summed E-state index contributed by atoms with van der Waals surface area (Å²) in [6.07, 6.45) is 0. The van der Waals surface area contributed by atoms with Crippen molar-refractivity contribution in [1.29, 1.82) is 0 Å². The number of amides is 1. The number of anilines is 1. The first-order chi connectivity index (χ1) is 9.65. The molecule has 0 radical (unpaired) electrons. The predicted molar refractivity (Wildman–Crippen MR) is 75.2 cm³/mol. The summed E-state index contributed by atoms with van der Waals surface area (Å²) in [5.41, 5.74) is 1.68. The van der Waals surface area contributed by atoms with Crippen LogP contribution in [0.1, 0.15) is 15.9 Å². The SMILES string of the molecule is Cc1cc(C(=O)Nc2n[nH]c3ccccc23)ccc1F. The third kappa shape index (κ3) is 2.14. The second-order valence-corrected chi connectivity index (χ2v) is 4.54. The number of benzene rings is 2. The highest BCUT2D eigenvalue weighted by molar-refractivity contribution is 6.07. The highest BCUT2D eigenvalue weighted by Crippen LogP contribution is 2.20. The third-order valence-corrected chi connectivity index (χ3v) is 3.12. The first-order valence-electron chi connectivity index (χ1n) is 6.16. The van der Waals surface area contributed by atoms with Gasteiger partial charge in [0.2, 0.25) is 0 Å². The molecule has 100 valence electrons. The van der Waals surface area contributed by atoms with Crippen LogP contribution >= 0.6 is 0 Å². The Morgan fingerprint density at radius 1 is 1.25 bits per heavy atom. The smallest absolute Gasteiger partial charge is 0.256 e. The molecule has 0 spiro atoms. The van der Waals surface area contributed by atoms with E-state index < -0.39 is 0 Å². The number of aromatic nitrogens is 2. The first kappa shape index (κ1) is 12.3. The lowest BCUT2D eigenvalue weighted by Crippen LogP contribution is -2.12. The molecule has 0 aliphatic rings. The average molecular weight is 269 g/mol. The van der Waals surface area contributed by atoms with Gasteiger partial charge in [0.15, 0.2) is 5.82 Å². The summed E-state index contributed by atoms with van der Waals surface area (Å²) in [7, 11) is 0. The van der Waals surface area contributed by atoms with E-state index in [-0.39, 0.29) is 11.7 Å². The van der Waals surface area contributed by atoms with Crippen LogP contribution in [0, 0.1) is 12.7 Å². The molecule has 0 bridgehead atoms. The van der Waals surface area contributed by atoms with E-state index >= 15 is 0 Å². The van der Waals surface area contributed by atoms with E-state index in [1.54, 1.807) is 6.92 Å². The van der Waals surface area contributed by atoms with E-state index in [4.69, 9.17) is 0 Å². The van der Waals surface area contributed by atoms with Crippen molar-refractivity contribution in [3.63, 3.8) is 0 Å². The van der Waals surface area contributed by atoms with Gasteiger partial charge in [-0.15, -0.1) is 0 Å². The van der Waals surface area contributed by atoms with Gasteiger partial charge in [0, 0.05) is 10.9 Å². The molecular weight excluding hydrogens is 257 g/mol. The number of fused-ring (bicyclic) bond motifs is 1. The van der Waals surface area contributed by atoms with Crippen LogP contribution < -0.4 is 5.32 Å². The Kier molecular flexibility index (Phi) is 2.95. The molecule has 0 aliphatic heterocycles. The van der Waals surface area contributed by atoms with Gasteiger partial charge in [-0.3, -0.25) is 9.89 Å². The monoisotopic (exact) mass is 269 g/mol. The van der Waals surface area contributed by atoms with Crippen molar-refractivity contribution in [3.8, 4) is 0 Å². The zero-order chi connectivity index (χ0) is 14.1. The zero-order valence-electron chi connectivity index (χ0n) is 10.8. The number of aryl methyl sites for hydroxylation is 1. The van der Waals surface area contributed by atoms with E-state index in [1.165, 1.54) is 18.2 Å². The molecular formula is C15H12FN3O. The van der Waals surface area contributed by atoms with Gasteiger partial charge in [0.25, 0.3) is 5.91 Å². The number of hydrogen-bond donors (Lipinski definition) is 2. The number of nitrogens with zero attached hydrogens (tertiary/aromatic N) is 1. The number of nitrogens with one attached hydrogen (secondary N) is 2. The van der Waals surface area contributed by atoms with Crippen molar-refractivity contribution in [1.82, 2.24) is 10.2 Å². The van der Waals surface area contributed by atoms with Crippen molar-refractivity contribution in [3.05, 3.63) is 59.4 Å². The second-order valence-electron chi connectivity index (χ2n) is 4.54.